The van der Waals surface area contributed by atoms with Crippen molar-refractivity contribution in [3.05, 3.63) is 35.7 Å². The van der Waals surface area contributed by atoms with Gasteiger partial charge < -0.3 is 25.0 Å². The maximum atomic E-state index is 12.1. The highest BCUT2D eigenvalue weighted by Crippen LogP contribution is 2.29. The molecule has 2 aromatic rings. The number of rotatable bonds is 6. The Labute approximate surface area is 147 Å². The predicted molar refractivity (Wildman–Crippen MR) is 96.5 cm³/mol. The Morgan fingerprint density at radius 1 is 1.12 bits per heavy atom. The number of nitrogens with one attached hydrogen (secondary N) is 2. The van der Waals surface area contributed by atoms with Crippen molar-refractivity contribution in [3.63, 3.8) is 0 Å². The maximum Gasteiger partial charge on any atom is 0.319 e. The number of aromatic nitrogens is 2. The minimum atomic E-state index is -0.338. The van der Waals surface area contributed by atoms with E-state index < -0.39 is 0 Å². The third kappa shape index (κ3) is 4.97. The largest absolute Gasteiger partial charge is 0.493 e. The summed E-state index contributed by atoms with van der Waals surface area (Å²) in [5.74, 6) is 1.75. The van der Waals surface area contributed by atoms with E-state index in [0.717, 1.165) is 11.4 Å². The Morgan fingerprint density at radius 3 is 2.48 bits per heavy atom. The summed E-state index contributed by atoms with van der Waals surface area (Å²) in [7, 11) is 6.84. The summed E-state index contributed by atoms with van der Waals surface area (Å²) in [6.07, 6.45) is 0. The van der Waals surface area contributed by atoms with E-state index in [1.165, 1.54) is 0 Å². The fourth-order valence-electron chi connectivity index (χ4n) is 2.17. The molecule has 0 saturated heterocycles. The average Bonchev–Trinajstić information content (AvgIpc) is 2.59. The van der Waals surface area contributed by atoms with Crippen LogP contribution in [0.15, 0.2) is 24.3 Å². The van der Waals surface area contributed by atoms with E-state index in [0.29, 0.717) is 29.7 Å². The molecule has 0 radical (unpaired) electrons. The smallest absolute Gasteiger partial charge is 0.319 e. The molecule has 0 saturated carbocycles. The fourth-order valence-corrected chi connectivity index (χ4v) is 2.17. The molecule has 8 heteroatoms. The second-order valence-electron chi connectivity index (χ2n) is 5.57. The molecule has 0 fully saturated rings. The zero-order chi connectivity index (χ0) is 18.4. The quantitative estimate of drug-likeness (QED) is 0.834. The van der Waals surface area contributed by atoms with E-state index in [2.05, 4.69) is 20.6 Å². The Balaban J connectivity index is 1.99. The van der Waals surface area contributed by atoms with Crippen LogP contribution in [0.1, 0.15) is 11.4 Å². The summed E-state index contributed by atoms with van der Waals surface area (Å²) in [4.78, 5) is 22.6. The summed E-state index contributed by atoms with van der Waals surface area (Å²) in [5.41, 5.74) is 2.18. The number of hydrogen-bond acceptors (Lipinski definition) is 6. The van der Waals surface area contributed by atoms with Crippen LogP contribution in [-0.4, -0.2) is 44.3 Å². The molecular formula is C17H23N5O3. The fraction of sp³-hybridized carbons (Fsp3) is 0.353. The van der Waals surface area contributed by atoms with E-state index in [9.17, 15) is 4.79 Å². The molecule has 8 nitrogen and oxygen atoms in total. The number of methoxy groups -OCH3 is 2. The van der Waals surface area contributed by atoms with E-state index in [1.807, 2.05) is 32.0 Å². The molecule has 0 atom stereocenters. The number of carbonyl (C=O) groups excluding carboxylic acids is 1. The lowest BCUT2D eigenvalue weighted by Crippen LogP contribution is -2.29. The van der Waals surface area contributed by atoms with Gasteiger partial charge >= 0.3 is 6.03 Å². The van der Waals surface area contributed by atoms with Crippen molar-refractivity contribution < 1.29 is 14.3 Å². The number of amides is 2. The summed E-state index contributed by atoms with van der Waals surface area (Å²) < 4.78 is 10.4. The number of ether oxygens (including phenoxy) is 2. The first kappa shape index (κ1) is 18.3. The highest BCUT2D eigenvalue weighted by Gasteiger charge is 2.09. The van der Waals surface area contributed by atoms with Crippen LogP contribution in [-0.2, 0) is 6.54 Å². The van der Waals surface area contributed by atoms with Gasteiger partial charge in [-0.05, 0) is 25.1 Å². The lowest BCUT2D eigenvalue weighted by Gasteiger charge is -2.13. The second-order valence-corrected chi connectivity index (χ2v) is 5.57. The number of aryl methyl sites for hydroxylation is 1. The Kier molecular flexibility index (Phi) is 5.99. The monoisotopic (exact) mass is 345 g/mol. The minimum absolute atomic E-state index is 0.295. The van der Waals surface area contributed by atoms with Crippen molar-refractivity contribution >= 4 is 17.7 Å². The van der Waals surface area contributed by atoms with Gasteiger partial charge in [0.1, 0.15) is 0 Å². The van der Waals surface area contributed by atoms with E-state index in [-0.39, 0.29) is 6.03 Å². The van der Waals surface area contributed by atoms with Gasteiger partial charge in [-0.2, -0.15) is 0 Å². The van der Waals surface area contributed by atoms with Crippen molar-refractivity contribution in [1.82, 2.24) is 15.3 Å². The molecule has 0 aliphatic carbocycles. The van der Waals surface area contributed by atoms with Crippen LogP contribution in [0.4, 0.5) is 16.4 Å². The van der Waals surface area contributed by atoms with Crippen molar-refractivity contribution in [2.75, 3.05) is 38.5 Å². The molecule has 0 unspecified atom stereocenters. The zero-order valence-corrected chi connectivity index (χ0v) is 15.1. The van der Waals surface area contributed by atoms with Crippen LogP contribution in [0, 0.1) is 6.92 Å². The Morgan fingerprint density at radius 2 is 1.84 bits per heavy atom. The number of urea groups is 1. The first-order valence-electron chi connectivity index (χ1n) is 7.71. The molecule has 134 valence electrons. The summed E-state index contributed by atoms with van der Waals surface area (Å²) >= 11 is 0. The summed E-state index contributed by atoms with van der Waals surface area (Å²) in [6, 6.07) is 6.65. The third-order valence-corrected chi connectivity index (χ3v) is 3.37. The van der Waals surface area contributed by atoms with Gasteiger partial charge in [-0.15, -0.1) is 0 Å². The third-order valence-electron chi connectivity index (χ3n) is 3.37. The van der Waals surface area contributed by atoms with Gasteiger partial charge in [0, 0.05) is 31.5 Å². The molecule has 1 aromatic carbocycles. The number of benzene rings is 1. The predicted octanol–water partition coefficient (Wildman–Crippen LogP) is 2.19. The van der Waals surface area contributed by atoms with Crippen LogP contribution in [0.2, 0.25) is 0 Å². The summed E-state index contributed by atoms with van der Waals surface area (Å²) in [5, 5.41) is 5.53. The van der Waals surface area contributed by atoms with Gasteiger partial charge in [0.15, 0.2) is 11.5 Å². The summed E-state index contributed by atoms with van der Waals surface area (Å²) in [6.45, 7) is 2.19. The molecule has 2 amide bonds. The topological polar surface area (TPSA) is 88.6 Å². The highest BCUT2D eigenvalue weighted by atomic mass is 16.5. The van der Waals surface area contributed by atoms with Gasteiger partial charge in [-0.3, -0.25) is 0 Å². The molecule has 2 N–H and O–H groups in total. The maximum absolute atomic E-state index is 12.1. The number of anilines is 2. The van der Waals surface area contributed by atoms with Crippen molar-refractivity contribution in [3.8, 4) is 11.5 Å². The Hall–Kier alpha value is -3.03. The molecule has 0 bridgehead atoms. The normalized spacial score (nSPS) is 10.1. The van der Waals surface area contributed by atoms with E-state index in [1.54, 1.807) is 32.4 Å². The molecule has 0 aliphatic rings. The number of carbonyl (C=O) groups is 1. The first-order valence-corrected chi connectivity index (χ1v) is 7.71. The Bertz CT molecular complexity index is 749. The van der Waals surface area contributed by atoms with E-state index >= 15 is 0 Å². The van der Waals surface area contributed by atoms with Crippen LogP contribution in [0.5, 0.6) is 11.5 Å². The van der Waals surface area contributed by atoms with Gasteiger partial charge in [-0.25, -0.2) is 14.8 Å². The molecule has 0 spiro atoms. The average molecular weight is 345 g/mol. The zero-order valence-electron chi connectivity index (χ0n) is 15.1. The number of nitrogens with zero attached hydrogens (tertiary/aromatic N) is 3. The highest BCUT2D eigenvalue weighted by molar-refractivity contribution is 5.89. The molecule has 0 aliphatic heterocycles. The van der Waals surface area contributed by atoms with Gasteiger partial charge in [0.25, 0.3) is 0 Å². The SMILES string of the molecule is COc1ccc(NC(=O)NCc2cc(C)nc(N(C)C)n2)cc1OC. The standard InChI is InChI=1S/C17H23N5O3/c1-11-8-13(20-16(19-11)22(2)3)10-18-17(23)21-12-6-7-14(24-4)15(9-12)25-5/h6-9H,10H2,1-5H3,(H2,18,21,23). The minimum Gasteiger partial charge on any atom is -0.493 e. The van der Waals surface area contributed by atoms with Gasteiger partial charge in [0.2, 0.25) is 5.95 Å². The van der Waals surface area contributed by atoms with Gasteiger partial charge in [-0.1, -0.05) is 0 Å². The molecule has 25 heavy (non-hydrogen) atoms. The van der Waals surface area contributed by atoms with Crippen molar-refractivity contribution in [2.24, 2.45) is 0 Å². The molecule has 1 aromatic heterocycles. The van der Waals surface area contributed by atoms with Crippen LogP contribution < -0.4 is 25.0 Å². The number of hydrogen-bond donors (Lipinski definition) is 2. The molecule has 1 heterocycles. The lowest BCUT2D eigenvalue weighted by atomic mass is 10.3. The van der Waals surface area contributed by atoms with Crippen LogP contribution in [0.25, 0.3) is 0 Å². The van der Waals surface area contributed by atoms with Crippen molar-refractivity contribution in [2.45, 2.75) is 13.5 Å². The molecular weight excluding hydrogens is 322 g/mol. The first-order chi connectivity index (χ1) is 11.9. The van der Waals surface area contributed by atoms with Crippen molar-refractivity contribution in [1.29, 1.82) is 0 Å². The lowest BCUT2D eigenvalue weighted by molar-refractivity contribution is 0.251. The second kappa shape index (κ2) is 8.18. The van der Waals surface area contributed by atoms with Crippen LogP contribution >= 0.6 is 0 Å². The molecule has 2 rings (SSSR count). The van der Waals surface area contributed by atoms with Crippen LogP contribution in [0.3, 0.4) is 0 Å². The van der Waals surface area contributed by atoms with E-state index in [4.69, 9.17) is 9.47 Å². The van der Waals surface area contributed by atoms with Gasteiger partial charge in [0.05, 0.1) is 26.5 Å².